The number of rotatable bonds is 5. The maximum Gasteiger partial charge on any atom is 0.0518 e. The Bertz CT molecular complexity index is 76.0. The SMILES string of the molecule is CC(CCOC(C)C)NN. The second kappa shape index (κ2) is 5.65. The number of hydrogen-bond donors (Lipinski definition) is 2. The average molecular weight is 146 g/mol. The maximum atomic E-state index is 5.32. The molecule has 1 unspecified atom stereocenters. The van der Waals surface area contributed by atoms with Crippen LogP contribution in [0, 0.1) is 0 Å². The van der Waals surface area contributed by atoms with Crippen LogP contribution in [0.15, 0.2) is 0 Å². The smallest absolute Gasteiger partial charge is 0.0518 e. The zero-order chi connectivity index (χ0) is 7.98. The van der Waals surface area contributed by atoms with Crippen molar-refractivity contribution < 1.29 is 4.74 Å². The minimum absolute atomic E-state index is 0.324. The molecule has 62 valence electrons. The van der Waals surface area contributed by atoms with E-state index in [2.05, 4.69) is 5.43 Å². The first-order valence-corrected chi connectivity index (χ1v) is 3.74. The summed E-state index contributed by atoms with van der Waals surface area (Å²) < 4.78 is 5.32. The van der Waals surface area contributed by atoms with Crippen LogP contribution in [0.2, 0.25) is 0 Å². The lowest BCUT2D eigenvalue weighted by atomic mass is 10.3. The molecule has 0 saturated heterocycles. The molecule has 0 aliphatic heterocycles. The highest BCUT2D eigenvalue weighted by Gasteiger charge is 1.98. The van der Waals surface area contributed by atoms with Gasteiger partial charge in [0.1, 0.15) is 0 Å². The second-order valence-corrected chi connectivity index (χ2v) is 2.78. The molecule has 0 aromatic rings. The molecule has 0 rings (SSSR count). The Kier molecular flexibility index (Phi) is 5.58. The standard InChI is InChI=1S/C7H18N2O/c1-6(2)10-5-4-7(3)9-8/h6-7,9H,4-5,8H2,1-3H3. The van der Waals surface area contributed by atoms with Gasteiger partial charge in [0.2, 0.25) is 0 Å². The van der Waals surface area contributed by atoms with E-state index in [1.165, 1.54) is 0 Å². The van der Waals surface area contributed by atoms with Crippen LogP contribution in [0.1, 0.15) is 27.2 Å². The Morgan fingerprint density at radius 2 is 2.00 bits per heavy atom. The highest BCUT2D eigenvalue weighted by molar-refractivity contribution is 4.54. The molecule has 0 radical (unpaired) electrons. The van der Waals surface area contributed by atoms with Crippen LogP contribution in [0.3, 0.4) is 0 Å². The van der Waals surface area contributed by atoms with Crippen molar-refractivity contribution in [2.24, 2.45) is 5.84 Å². The molecule has 0 aromatic carbocycles. The summed E-state index contributed by atoms with van der Waals surface area (Å²) in [5, 5.41) is 0. The highest BCUT2D eigenvalue weighted by atomic mass is 16.5. The molecule has 0 fully saturated rings. The molecular weight excluding hydrogens is 128 g/mol. The minimum Gasteiger partial charge on any atom is -0.379 e. The van der Waals surface area contributed by atoms with E-state index in [0.29, 0.717) is 12.1 Å². The van der Waals surface area contributed by atoms with Crippen LogP contribution in [0.25, 0.3) is 0 Å². The Morgan fingerprint density at radius 1 is 1.40 bits per heavy atom. The van der Waals surface area contributed by atoms with E-state index in [4.69, 9.17) is 10.6 Å². The maximum absolute atomic E-state index is 5.32. The van der Waals surface area contributed by atoms with E-state index in [9.17, 15) is 0 Å². The molecule has 0 aliphatic rings. The Morgan fingerprint density at radius 3 is 2.40 bits per heavy atom. The summed E-state index contributed by atoms with van der Waals surface area (Å²) in [6, 6.07) is 0.346. The molecule has 0 heterocycles. The number of ether oxygens (including phenoxy) is 1. The lowest BCUT2D eigenvalue weighted by molar-refractivity contribution is 0.0726. The fourth-order valence-corrected chi connectivity index (χ4v) is 0.564. The van der Waals surface area contributed by atoms with Crippen molar-refractivity contribution in [2.45, 2.75) is 39.3 Å². The van der Waals surface area contributed by atoms with Gasteiger partial charge in [-0.1, -0.05) is 0 Å². The molecule has 0 amide bonds. The van der Waals surface area contributed by atoms with Gasteiger partial charge >= 0.3 is 0 Å². The summed E-state index contributed by atoms with van der Waals surface area (Å²) in [7, 11) is 0. The molecule has 0 spiro atoms. The number of hydrogen-bond acceptors (Lipinski definition) is 3. The number of nitrogens with one attached hydrogen (secondary N) is 1. The first-order valence-electron chi connectivity index (χ1n) is 3.74. The summed E-state index contributed by atoms with van der Waals surface area (Å²) in [4.78, 5) is 0. The van der Waals surface area contributed by atoms with Crippen molar-refractivity contribution in [1.82, 2.24) is 5.43 Å². The molecule has 0 saturated carbocycles. The summed E-state index contributed by atoms with van der Waals surface area (Å²) in [5.41, 5.74) is 2.66. The summed E-state index contributed by atoms with van der Waals surface area (Å²) >= 11 is 0. The van der Waals surface area contributed by atoms with Crippen LogP contribution in [0.5, 0.6) is 0 Å². The summed E-state index contributed by atoms with van der Waals surface area (Å²) in [6.45, 7) is 6.87. The van der Waals surface area contributed by atoms with Gasteiger partial charge in [0, 0.05) is 12.6 Å². The van der Waals surface area contributed by atoms with Gasteiger partial charge in [-0.3, -0.25) is 11.3 Å². The van der Waals surface area contributed by atoms with Gasteiger partial charge in [-0.15, -0.1) is 0 Å². The van der Waals surface area contributed by atoms with Crippen LogP contribution in [0.4, 0.5) is 0 Å². The molecule has 3 heteroatoms. The first-order chi connectivity index (χ1) is 4.66. The quantitative estimate of drug-likeness (QED) is 0.442. The van der Waals surface area contributed by atoms with E-state index in [0.717, 1.165) is 13.0 Å². The van der Waals surface area contributed by atoms with Crippen molar-refractivity contribution in [2.75, 3.05) is 6.61 Å². The van der Waals surface area contributed by atoms with E-state index >= 15 is 0 Å². The van der Waals surface area contributed by atoms with Crippen LogP contribution in [-0.2, 0) is 4.74 Å². The van der Waals surface area contributed by atoms with Gasteiger partial charge in [0.05, 0.1) is 6.10 Å². The lowest BCUT2D eigenvalue weighted by Gasteiger charge is -2.11. The zero-order valence-electron chi connectivity index (χ0n) is 7.05. The number of nitrogens with two attached hydrogens (primary N) is 1. The van der Waals surface area contributed by atoms with Crippen LogP contribution in [-0.4, -0.2) is 18.8 Å². The molecule has 3 nitrogen and oxygen atoms in total. The fraction of sp³-hybridized carbons (Fsp3) is 1.00. The van der Waals surface area contributed by atoms with Crippen LogP contribution < -0.4 is 11.3 Å². The molecule has 10 heavy (non-hydrogen) atoms. The van der Waals surface area contributed by atoms with Crippen LogP contribution >= 0.6 is 0 Å². The number of hydrazine groups is 1. The summed E-state index contributed by atoms with van der Waals surface area (Å²) in [6.07, 6.45) is 1.29. The largest absolute Gasteiger partial charge is 0.379 e. The fourth-order valence-electron chi connectivity index (χ4n) is 0.564. The zero-order valence-corrected chi connectivity index (χ0v) is 7.05. The molecule has 3 N–H and O–H groups in total. The van der Waals surface area contributed by atoms with E-state index in [1.54, 1.807) is 0 Å². The van der Waals surface area contributed by atoms with Gasteiger partial charge in [-0.05, 0) is 27.2 Å². The normalized spacial score (nSPS) is 14.1. The third-order valence-corrected chi connectivity index (χ3v) is 1.29. The molecule has 0 aliphatic carbocycles. The van der Waals surface area contributed by atoms with Gasteiger partial charge in [0.25, 0.3) is 0 Å². The summed E-state index contributed by atoms with van der Waals surface area (Å²) in [5.74, 6) is 5.18. The molecule has 0 aromatic heterocycles. The average Bonchev–Trinajstić information content (AvgIpc) is 1.87. The topological polar surface area (TPSA) is 47.3 Å². The second-order valence-electron chi connectivity index (χ2n) is 2.78. The molecule has 0 bridgehead atoms. The highest BCUT2D eigenvalue weighted by Crippen LogP contribution is 1.93. The van der Waals surface area contributed by atoms with Gasteiger partial charge < -0.3 is 4.74 Å². The Balaban J connectivity index is 3.03. The Hall–Kier alpha value is -0.120. The van der Waals surface area contributed by atoms with Crippen molar-refractivity contribution in [1.29, 1.82) is 0 Å². The predicted octanol–water partition coefficient (Wildman–Crippen LogP) is 0.653. The first kappa shape index (κ1) is 9.88. The van der Waals surface area contributed by atoms with E-state index < -0.39 is 0 Å². The molecular formula is C7H18N2O. The van der Waals surface area contributed by atoms with Crippen molar-refractivity contribution >= 4 is 0 Å². The molecule has 1 atom stereocenters. The van der Waals surface area contributed by atoms with Gasteiger partial charge in [-0.2, -0.15) is 0 Å². The van der Waals surface area contributed by atoms with E-state index in [1.807, 2.05) is 20.8 Å². The Labute approximate surface area is 62.9 Å². The van der Waals surface area contributed by atoms with Gasteiger partial charge in [-0.25, -0.2) is 0 Å². The third kappa shape index (κ3) is 6.01. The predicted molar refractivity (Wildman–Crippen MR) is 42.5 cm³/mol. The van der Waals surface area contributed by atoms with Crippen molar-refractivity contribution in [3.63, 3.8) is 0 Å². The minimum atomic E-state index is 0.324. The lowest BCUT2D eigenvalue weighted by Crippen LogP contribution is -2.33. The van der Waals surface area contributed by atoms with E-state index in [-0.39, 0.29) is 0 Å². The monoisotopic (exact) mass is 146 g/mol. The van der Waals surface area contributed by atoms with Gasteiger partial charge in [0.15, 0.2) is 0 Å². The van der Waals surface area contributed by atoms with Crippen molar-refractivity contribution in [3.8, 4) is 0 Å². The van der Waals surface area contributed by atoms with Crippen molar-refractivity contribution in [3.05, 3.63) is 0 Å². The third-order valence-electron chi connectivity index (χ3n) is 1.29.